The first-order chi connectivity index (χ1) is 17.8. The maximum absolute atomic E-state index is 13.4. The van der Waals surface area contributed by atoms with Crippen molar-refractivity contribution in [3.8, 4) is 11.5 Å². The van der Waals surface area contributed by atoms with Crippen LogP contribution < -0.4 is 14.4 Å². The van der Waals surface area contributed by atoms with Crippen molar-refractivity contribution in [2.45, 2.75) is 26.8 Å². The smallest absolute Gasteiger partial charge is 0.301 e. The molecule has 3 heterocycles. The first-order valence-electron chi connectivity index (χ1n) is 11.5. The summed E-state index contributed by atoms with van der Waals surface area (Å²) < 4.78 is 11.5. The molecule has 1 aliphatic rings. The van der Waals surface area contributed by atoms with Crippen molar-refractivity contribution in [2.75, 3.05) is 18.1 Å². The number of benzene rings is 1. The van der Waals surface area contributed by atoms with E-state index >= 15 is 0 Å². The lowest BCUT2D eigenvalue weighted by atomic mass is 9.95. The van der Waals surface area contributed by atoms with Crippen molar-refractivity contribution < 1.29 is 29.0 Å². The predicted molar refractivity (Wildman–Crippen MR) is 139 cm³/mol. The first-order valence-corrected chi connectivity index (χ1v) is 12.3. The van der Waals surface area contributed by atoms with Crippen LogP contribution in [0.15, 0.2) is 61.0 Å². The van der Waals surface area contributed by atoms with Gasteiger partial charge >= 0.3 is 5.91 Å². The first kappa shape index (κ1) is 25.8. The van der Waals surface area contributed by atoms with Gasteiger partial charge in [-0.1, -0.05) is 30.1 Å². The summed E-state index contributed by atoms with van der Waals surface area (Å²) >= 11 is 1.02. The van der Waals surface area contributed by atoms with Gasteiger partial charge in [-0.15, -0.1) is 0 Å². The van der Waals surface area contributed by atoms with Gasteiger partial charge in [0.25, 0.3) is 5.78 Å². The molecule has 1 aliphatic heterocycles. The van der Waals surface area contributed by atoms with Crippen LogP contribution in [0.1, 0.15) is 46.4 Å². The van der Waals surface area contributed by atoms with E-state index in [2.05, 4.69) is 16.5 Å². The molecule has 1 amide bonds. The lowest BCUT2D eigenvalue weighted by Crippen LogP contribution is -2.29. The normalized spacial score (nSPS) is 16.6. The number of pyridine rings is 1. The molecule has 10 heteroatoms. The number of aliphatic hydroxyl groups is 1. The van der Waals surface area contributed by atoms with Gasteiger partial charge in [0.2, 0.25) is 0 Å². The van der Waals surface area contributed by atoms with E-state index in [9.17, 15) is 19.5 Å². The summed E-state index contributed by atoms with van der Waals surface area (Å²) in [5, 5.41) is 11.4. The summed E-state index contributed by atoms with van der Waals surface area (Å²) in [6, 6.07) is 7.07. The topological polar surface area (TPSA) is 119 Å². The second-order valence-electron chi connectivity index (χ2n) is 8.11. The van der Waals surface area contributed by atoms with Gasteiger partial charge in [-0.05, 0) is 43.7 Å². The highest BCUT2D eigenvalue weighted by atomic mass is 32.1. The number of carbonyl (C=O) groups is 3. The number of nitrogens with zero attached hydrogens (tertiary/aromatic N) is 3. The van der Waals surface area contributed by atoms with Crippen LogP contribution in [0.2, 0.25) is 0 Å². The number of aliphatic hydroxyl groups excluding tert-OH is 1. The quantitative estimate of drug-likeness (QED) is 0.143. The van der Waals surface area contributed by atoms with Gasteiger partial charge < -0.3 is 14.6 Å². The zero-order valence-electron chi connectivity index (χ0n) is 20.6. The summed E-state index contributed by atoms with van der Waals surface area (Å²) in [5.41, 5.74) is 1.15. The number of aromatic nitrogens is 2. The van der Waals surface area contributed by atoms with Gasteiger partial charge in [0.15, 0.2) is 22.4 Å². The Morgan fingerprint density at radius 1 is 1.19 bits per heavy atom. The van der Waals surface area contributed by atoms with E-state index in [1.54, 1.807) is 43.3 Å². The van der Waals surface area contributed by atoms with E-state index in [0.717, 1.165) is 11.3 Å². The second kappa shape index (κ2) is 10.8. The largest absolute Gasteiger partial charge is 0.507 e. The Balaban J connectivity index is 1.95. The summed E-state index contributed by atoms with van der Waals surface area (Å²) in [6.45, 7) is 9.16. The Labute approximate surface area is 217 Å². The number of thiazole rings is 1. The third-order valence-electron chi connectivity index (χ3n) is 5.65. The standard InChI is InChI=1S/C27H25N3O6S/c1-5-13-36-19-8-7-18(14-20(19)35-6-2)22-21(23(32)17-9-11-28-12-10-17)24(33)26(34)30(22)27-29-15(3)25(37-27)16(4)31/h5,7-12,14,22,32H,1,6,13H2,2-4H3. The molecule has 9 nitrogen and oxygen atoms in total. The SMILES string of the molecule is C=CCOc1ccc(C2C(=C(O)c3ccncc3)C(=O)C(=O)N2c2nc(C)c(C(C)=O)s2)cc1OCC. The van der Waals surface area contributed by atoms with Crippen molar-refractivity contribution >= 4 is 39.7 Å². The van der Waals surface area contributed by atoms with E-state index in [4.69, 9.17) is 9.47 Å². The summed E-state index contributed by atoms with van der Waals surface area (Å²) in [6.07, 6.45) is 4.55. The molecule has 1 saturated heterocycles. The molecular formula is C27H25N3O6S. The van der Waals surface area contributed by atoms with E-state index in [0.29, 0.717) is 39.8 Å². The molecule has 190 valence electrons. The van der Waals surface area contributed by atoms with Crippen molar-refractivity contribution in [2.24, 2.45) is 0 Å². The van der Waals surface area contributed by atoms with Crippen LogP contribution in [0.3, 0.4) is 0 Å². The zero-order chi connectivity index (χ0) is 26.7. The average molecular weight is 520 g/mol. The highest BCUT2D eigenvalue weighted by molar-refractivity contribution is 7.18. The van der Waals surface area contributed by atoms with Gasteiger partial charge in [0.05, 0.1) is 28.8 Å². The molecule has 0 bridgehead atoms. The number of anilines is 1. The maximum Gasteiger partial charge on any atom is 0.301 e. The van der Waals surface area contributed by atoms with Crippen molar-refractivity contribution in [1.82, 2.24) is 9.97 Å². The zero-order valence-corrected chi connectivity index (χ0v) is 21.4. The fourth-order valence-corrected chi connectivity index (χ4v) is 5.04. The molecule has 1 fully saturated rings. The van der Waals surface area contributed by atoms with E-state index in [-0.39, 0.29) is 28.9 Å². The number of Topliss-reactive ketones (excluding diaryl/α,β-unsaturated/α-hetero) is 2. The second-order valence-corrected chi connectivity index (χ2v) is 9.09. The molecular weight excluding hydrogens is 494 g/mol. The molecule has 37 heavy (non-hydrogen) atoms. The number of carbonyl (C=O) groups excluding carboxylic acids is 3. The number of hydrogen-bond acceptors (Lipinski definition) is 9. The maximum atomic E-state index is 13.4. The molecule has 2 aromatic heterocycles. The lowest BCUT2D eigenvalue weighted by molar-refractivity contribution is -0.132. The van der Waals surface area contributed by atoms with E-state index in [1.807, 2.05) is 6.92 Å². The summed E-state index contributed by atoms with van der Waals surface area (Å²) in [4.78, 5) is 48.8. The lowest BCUT2D eigenvalue weighted by Gasteiger charge is -2.24. The highest BCUT2D eigenvalue weighted by Crippen LogP contribution is 2.45. The average Bonchev–Trinajstić information content (AvgIpc) is 3.40. The molecule has 1 N–H and O–H groups in total. The predicted octanol–water partition coefficient (Wildman–Crippen LogP) is 4.64. The monoisotopic (exact) mass is 519 g/mol. The minimum absolute atomic E-state index is 0.115. The van der Waals surface area contributed by atoms with Crippen LogP contribution in [0.5, 0.6) is 11.5 Å². The molecule has 3 aromatic rings. The Morgan fingerprint density at radius 2 is 1.92 bits per heavy atom. The van der Waals surface area contributed by atoms with Crippen LogP contribution >= 0.6 is 11.3 Å². The fourth-order valence-electron chi connectivity index (χ4n) is 4.05. The number of aryl methyl sites for hydroxylation is 1. The molecule has 4 rings (SSSR count). The number of ether oxygens (including phenoxy) is 2. The highest BCUT2D eigenvalue weighted by Gasteiger charge is 2.48. The van der Waals surface area contributed by atoms with Crippen LogP contribution in [0.4, 0.5) is 5.13 Å². The molecule has 1 aromatic carbocycles. The Kier molecular flexibility index (Phi) is 7.49. The summed E-state index contributed by atoms with van der Waals surface area (Å²) in [7, 11) is 0. The van der Waals surface area contributed by atoms with Crippen LogP contribution in [-0.2, 0) is 9.59 Å². The molecule has 1 atom stereocenters. The molecule has 0 spiro atoms. The van der Waals surface area contributed by atoms with Crippen molar-refractivity contribution in [3.05, 3.63) is 82.7 Å². The molecule has 1 unspecified atom stereocenters. The Bertz CT molecular complexity index is 1410. The minimum atomic E-state index is -1.04. The van der Waals surface area contributed by atoms with Gasteiger partial charge in [0, 0.05) is 24.9 Å². The van der Waals surface area contributed by atoms with Crippen LogP contribution in [-0.4, -0.2) is 45.8 Å². The third kappa shape index (κ3) is 4.88. The van der Waals surface area contributed by atoms with Crippen molar-refractivity contribution in [1.29, 1.82) is 0 Å². The minimum Gasteiger partial charge on any atom is -0.507 e. The van der Waals surface area contributed by atoms with E-state index < -0.39 is 17.7 Å². The van der Waals surface area contributed by atoms with Crippen LogP contribution in [0.25, 0.3) is 5.76 Å². The Hall–Kier alpha value is -4.31. The Morgan fingerprint density at radius 3 is 2.54 bits per heavy atom. The van der Waals surface area contributed by atoms with Crippen LogP contribution in [0, 0.1) is 6.92 Å². The fraction of sp³-hybridized carbons (Fsp3) is 0.222. The molecule has 0 radical (unpaired) electrons. The van der Waals surface area contributed by atoms with Gasteiger partial charge in [0.1, 0.15) is 12.4 Å². The van der Waals surface area contributed by atoms with Crippen molar-refractivity contribution in [3.63, 3.8) is 0 Å². The molecule has 0 saturated carbocycles. The van der Waals surface area contributed by atoms with Gasteiger partial charge in [-0.2, -0.15) is 0 Å². The van der Waals surface area contributed by atoms with E-state index in [1.165, 1.54) is 24.2 Å². The summed E-state index contributed by atoms with van der Waals surface area (Å²) in [5.74, 6) is -1.43. The third-order valence-corrected chi connectivity index (χ3v) is 6.91. The van der Waals surface area contributed by atoms with Gasteiger partial charge in [-0.25, -0.2) is 4.98 Å². The van der Waals surface area contributed by atoms with Gasteiger partial charge in [-0.3, -0.25) is 24.3 Å². The number of amides is 1. The number of rotatable bonds is 9. The number of hydrogen-bond donors (Lipinski definition) is 1. The number of ketones is 2. The molecule has 0 aliphatic carbocycles.